The van der Waals surface area contributed by atoms with Gasteiger partial charge in [-0.2, -0.15) is 0 Å². The van der Waals surface area contributed by atoms with Gasteiger partial charge in [-0.15, -0.1) is 0 Å². The van der Waals surface area contributed by atoms with E-state index in [1.807, 2.05) is 12.1 Å². The summed E-state index contributed by atoms with van der Waals surface area (Å²) in [5.74, 6) is 0. The maximum atomic E-state index is 3.04. The lowest BCUT2D eigenvalue weighted by molar-refractivity contribution is 0.661. The highest BCUT2D eigenvalue weighted by Crippen LogP contribution is 2.11. The summed E-state index contributed by atoms with van der Waals surface area (Å²) in [4.78, 5) is 2.31. The van der Waals surface area contributed by atoms with Gasteiger partial charge in [-0.05, 0) is 24.6 Å². The quantitative estimate of drug-likeness (QED) is 0.620. The summed E-state index contributed by atoms with van der Waals surface area (Å²) in [5, 5.41) is 0. The first-order valence-electron chi connectivity index (χ1n) is 5.52. The number of hydrogen-bond donors (Lipinski definition) is 0. The van der Waals surface area contributed by atoms with Gasteiger partial charge in [-0.3, -0.25) is 0 Å². The molecular formula is C13H20N. The van der Waals surface area contributed by atoms with E-state index >= 15 is 0 Å². The van der Waals surface area contributed by atoms with Gasteiger partial charge in [0.15, 0.2) is 0 Å². The van der Waals surface area contributed by atoms with Crippen molar-refractivity contribution >= 4 is 5.69 Å². The van der Waals surface area contributed by atoms with E-state index < -0.39 is 0 Å². The molecule has 0 atom stereocenters. The van der Waals surface area contributed by atoms with Crippen molar-refractivity contribution in [2.24, 2.45) is 0 Å². The minimum Gasteiger partial charge on any atom is -0.375 e. The van der Waals surface area contributed by atoms with Gasteiger partial charge < -0.3 is 4.90 Å². The molecule has 1 nitrogen and oxygen atoms in total. The third-order valence-corrected chi connectivity index (χ3v) is 2.49. The second-order valence-corrected chi connectivity index (χ2v) is 3.74. The van der Waals surface area contributed by atoms with Crippen LogP contribution in [0.15, 0.2) is 24.3 Å². The van der Waals surface area contributed by atoms with Gasteiger partial charge in [0.1, 0.15) is 0 Å². The van der Waals surface area contributed by atoms with Gasteiger partial charge in [0, 0.05) is 19.3 Å². The Morgan fingerprint density at radius 3 is 2.50 bits per heavy atom. The van der Waals surface area contributed by atoms with Crippen LogP contribution in [0.3, 0.4) is 0 Å². The average Bonchev–Trinajstić information content (AvgIpc) is 2.25. The van der Waals surface area contributed by atoms with Crippen molar-refractivity contribution in [3.63, 3.8) is 0 Å². The van der Waals surface area contributed by atoms with Crippen LogP contribution in [-0.4, -0.2) is 13.6 Å². The van der Waals surface area contributed by atoms with Crippen LogP contribution in [0.2, 0.25) is 0 Å². The summed E-state index contributed by atoms with van der Waals surface area (Å²) in [6, 6.07) is 11.2. The molecular weight excluding hydrogens is 170 g/mol. The summed E-state index contributed by atoms with van der Waals surface area (Å²) < 4.78 is 0. The van der Waals surface area contributed by atoms with E-state index in [1.54, 1.807) is 0 Å². The van der Waals surface area contributed by atoms with Gasteiger partial charge in [0.25, 0.3) is 0 Å². The van der Waals surface area contributed by atoms with E-state index in [9.17, 15) is 0 Å². The third kappa shape index (κ3) is 3.82. The van der Waals surface area contributed by atoms with Crippen molar-refractivity contribution < 1.29 is 0 Å². The van der Waals surface area contributed by atoms with Gasteiger partial charge >= 0.3 is 0 Å². The number of nitrogens with zero attached hydrogens (tertiary/aromatic N) is 1. The molecule has 1 radical (unpaired) electrons. The lowest BCUT2D eigenvalue weighted by atomic mass is 10.2. The van der Waals surface area contributed by atoms with Crippen molar-refractivity contribution in [1.29, 1.82) is 0 Å². The molecule has 1 aromatic rings. The second kappa shape index (κ2) is 6.47. The van der Waals surface area contributed by atoms with Crippen molar-refractivity contribution in [1.82, 2.24) is 0 Å². The zero-order chi connectivity index (χ0) is 10.2. The van der Waals surface area contributed by atoms with E-state index in [-0.39, 0.29) is 0 Å². The molecule has 0 amide bonds. The monoisotopic (exact) mass is 190 g/mol. The molecule has 1 heteroatoms. The Kier molecular flexibility index (Phi) is 5.13. The highest BCUT2D eigenvalue weighted by atomic mass is 15.1. The van der Waals surface area contributed by atoms with Gasteiger partial charge in [0.05, 0.1) is 0 Å². The summed E-state index contributed by atoms with van der Waals surface area (Å²) in [6.45, 7) is 3.40. The Hall–Kier alpha value is -0.980. The number of unbranched alkanes of at least 4 members (excludes halogenated alkanes) is 3. The predicted molar refractivity (Wildman–Crippen MR) is 62.7 cm³/mol. The SMILES string of the molecule is CCCCCCN(C)c1cc[c]cc1. The van der Waals surface area contributed by atoms with Crippen LogP contribution in [0.1, 0.15) is 32.6 Å². The first-order valence-corrected chi connectivity index (χ1v) is 5.52. The van der Waals surface area contributed by atoms with Crippen LogP contribution in [-0.2, 0) is 0 Å². The van der Waals surface area contributed by atoms with E-state index in [0.717, 1.165) is 6.54 Å². The lowest BCUT2D eigenvalue weighted by Gasteiger charge is -2.18. The molecule has 0 unspecified atom stereocenters. The lowest BCUT2D eigenvalue weighted by Crippen LogP contribution is -2.18. The highest BCUT2D eigenvalue weighted by Gasteiger charge is 1.98. The summed E-state index contributed by atoms with van der Waals surface area (Å²) in [7, 11) is 2.15. The van der Waals surface area contributed by atoms with Crippen molar-refractivity contribution in [2.45, 2.75) is 32.6 Å². The molecule has 0 heterocycles. The number of anilines is 1. The summed E-state index contributed by atoms with van der Waals surface area (Å²) in [6.07, 6.45) is 5.31. The molecule has 77 valence electrons. The molecule has 0 aromatic heterocycles. The van der Waals surface area contributed by atoms with E-state index in [2.05, 4.69) is 37.1 Å². The standard InChI is InChI=1S/C13H20N/c1-3-4-5-9-12-14(2)13-10-7-6-8-11-13/h7-8,10-11H,3-5,9,12H2,1-2H3. The van der Waals surface area contributed by atoms with Crippen molar-refractivity contribution in [2.75, 3.05) is 18.5 Å². The minimum atomic E-state index is 1.16. The molecule has 1 aromatic carbocycles. The van der Waals surface area contributed by atoms with Crippen molar-refractivity contribution in [3.8, 4) is 0 Å². The molecule has 0 saturated heterocycles. The Morgan fingerprint density at radius 2 is 1.86 bits per heavy atom. The fourth-order valence-electron chi connectivity index (χ4n) is 1.54. The van der Waals surface area contributed by atoms with Crippen LogP contribution in [0.5, 0.6) is 0 Å². The topological polar surface area (TPSA) is 3.24 Å². The predicted octanol–water partition coefficient (Wildman–Crippen LogP) is 3.50. The number of hydrogen-bond acceptors (Lipinski definition) is 1. The largest absolute Gasteiger partial charge is 0.375 e. The van der Waals surface area contributed by atoms with Gasteiger partial charge in [-0.25, -0.2) is 0 Å². The van der Waals surface area contributed by atoms with Crippen LogP contribution in [0.25, 0.3) is 0 Å². The fourth-order valence-corrected chi connectivity index (χ4v) is 1.54. The normalized spacial score (nSPS) is 10.1. The minimum absolute atomic E-state index is 1.16. The molecule has 1 rings (SSSR count). The maximum absolute atomic E-state index is 3.04. The smallest absolute Gasteiger partial charge is 0.0364 e. The Bertz CT molecular complexity index is 230. The molecule has 0 N–H and O–H groups in total. The van der Waals surface area contributed by atoms with Gasteiger partial charge in [0.2, 0.25) is 0 Å². The average molecular weight is 190 g/mol. The molecule has 0 saturated carbocycles. The molecule has 0 aliphatic heterocycles. The molecule has 0 fully saturated rings. The maximum Gasteiger partial charge on any atom is 0.0364 e. The van der Waals surface area contributed by atoms with Crippen LogP contribution in [0, 0.1) is 6.07 Å². The molecule has 0 aliphatic rings. The van der Waals surface area contributed by atoms with Gasteiger partial charge in [-0.1, -0.05) is 38.3 Å². The van der Waals surface area contributed by atoms with E-state index in [0.29, 0.717) is 0 Å². The van der Waals surface area contributed by atoms with Crippen LogP contribution < -0.4 is 4.90 Å². The Balaban J connectivity index is 2.25. The molecule has 0 spiro atoms. The number of benzene rings is 1. The van der Waals surface area contributed by atoms with E-state index in [1.165, 1.54) is 31.4 Å². The molecule has 0 aliphatic carbocycles. The second-order valence-electron chi connectivity index (χ2n) is 3.74. The number of rotatable bonds is 6. The molecule has 14 heavy (non-hydrogen) atoms. The summed E-state index contributed by atoms with van der Waals surface area (Å²) >= 11 is 0. The van der Waals surface area contributed by atoms with Crippen LogP contribution in [0.4, 0.5) is 5.69 Å². The zero-order valence-corrected chi connectivity index (χ0v) is 9.29. The van der Waals surface area contributed by atoms with E-state index in [4.69, 9.17) is 0 Å². The Morgan fingerprint density at radius 1 is 1.14 bits per heavy atom. The van der Waals surface area contributed by atoms with Crippen molar-refractivity contribution in [3.05, 3.63) is 30.3 Å². The first kappa shape index (κ1) is 11.1. The summed E-state index contributed by atoms with van der Waals surface area (Å²) in [5.41, 5.74) is 1.29. The highest BCUT2D eigenvalue weighted by molar-refractivity contribution is 5.44. The first-order chi connectivity index (χ1) is 6.84. The zero-order valence-electron chi connectivity index (χ0n) is 9.29. The fraction of sp³-hybridized carbons (Fsp3) is 0.538. The third-order valence-electron chi connectivity index (χ3n) is 2.49. The molecule has 0 bridgehead atoms. The Labute approximate surface area is 87.7 Å². The van der Waals surface area contributed by atoms with Crippen LogP contribution >= 0.6 is 0 Å².